The number of hydrogen-bond acceptors (Lipinski definition) is 0. The third-order valence-corrected chi connectivity index (χ3v) is 4.18. The summed E-state index contributed by atoms with van der Waals surface area (Å²) < 4.78 is 1.12. The molecule has 0 aliphatic heterocycles. The van der Waals surface area contributed by atoms with Gasteiger partial charge in [-0.15, -0.1) is 918 Å². The van der Waals surface area contributed by atoms with Crippen molar-refractivity contribution < 1.29 is 16.9 Å². The Bertz CT molecular complexity index is 251. The summed E-state index contributed by atoms with van der Waals surface area (Å²) in [5.41, 5.74) is 0. The lowest BCUT2D eigenvalue weighted by Crippen LogP contribution is -3.00. The summed E-state index contributed by atoms with van der Waals surface area (Å²) >= 11 is 0. The minimum Gasteiger partial charge on any atom is -1.00 e. The Kier molecular flexibility index (Phi) is 8280. The lowest BCUT2D eigenvalue weighted by molar-refractivity contribution is -0.870. The van der Waals surface area contributed by atoms with Crippen LogP contribution in [-0.4, -0.2) is 32.2 Å². The van der Waals surface area contributed by atoms with Crippen LogP contribution in [-0.2, 0) is 0 Å². The number of halogens is 75. The molecule has 0 heterocycles. The fourth-order valence-corrected chi connectivity index (χ4v) is 2.78. The van der Waals surface area contributed by atoms with Gasteiger partial charge in [0.15, 0.2) is 0 Å². The molecule has 0 aliphatic rings. The molecule has 0 radical (unpaired) electrons. The maximum Gasteiger partial charge on any atom is 0.0780 e. The molecular weight excluding hydrogens is 2900 g/mol. The van der Waals surface area contributed by atoms with Crippen molar-refractivity contribution in [2.75, 3.05) is 27.7 Å². The lowest BCUT2D eigenvalue weighted by atomic mass is 10.0. The lowest BCUT2D eigenvalue weighted by Gasteiger charge is -2.23. The first-order valence-corrected chi connectivity index (χ1v) is 9.36. The Balaban J connectivity index is -0.000000000650. The molecule has 0 unspecified atom stereocenters. The summed E-state index contributed by atoms with van der Waals surface area (Å²) in [5, 5.41) is 0. The van der Waals surface area contributed by atoms with Crippen LogP contribution in [0.2, 0.25) is 0 Å². The van der Waals surface area contributed by atoms with E-state index in [1.165, 1.54) is 96.4 Å². The van der Waals surface area contributed by atoms with E-state index in [9.17, 15) is 0 Å². The van der Waals surface area contributed by atoms with Crippen molar-refractivity contribution in [3.05, 3.63) is 0 Å². The van der Waals surface area contributed by atoms with Gasteiger partial charge in [0.2, 0.25) is 0 Å². The van der Waals surface area contributed by atoms with Gasteiger partial charge in [-0.3, -0.25) is 0 Å². The molecule has 0 N–H and O–H groups in total. The first-order chi connectivity index (χ1) is 9.56. The van der Waals surface area contributed by atoms with Gasteiger partial charge in [-0.05, 0) is 12.8 Å². The molecule has 0 rings (SSSR count). The topological polar surface area (TPSA) is 0 Å². The Morgan fingerprint density at radius 3 is 0.242 bits per heavy atom. The van der Waals surface area contributed by atoms with Crippen molar-refractivity contribution in [2.24, 2.45) is 0 Å². The second-order valence-electron chi connectivity index (χ2n) is 7.61. The van der Waals surface area contributed by atoms with E-state index in [0.717, 1.165) is 4.48 Å². The highest BCUT2D eigenvalue weighted by Crippen LogP contribution is 2.13. The fraction of sp³-hybridized carbons (Fsp3) is 1.00. The Morgan fingerprint density at radius 2 is 0.179 bits per heavy atom. The van der Waals surface area contributed by atoms with Crippen LogP contribution >= 0.6 is 918 Å². The highest BCUT2D eigenvalue weighted by atomic mass is 35.5. The van der Waals surface area contributed by atoms with Gasteiger partial charge in [0, 0.05) is 0 Å². The number of hydrogen-bond donors (Lipinski definition) is 0. The summed E-state index contributed by atoms with van der Waals surface area (Å²) in [4.78, 5) is 0. The van der Waals surface area contributed by atoms with Gasteiger partial charge in [-0.1, -0.05) is 84.0 Å². The molecular formula is C19H116Cl75N. The van der Waals surface area contributed by atoms with Crippen LogP contribution in [0.5, 0.6) is 0 Å². The van der Waals surface area contributed by atoms with Crippen LogP contribution in [0.25, 0.3) is 0 Å². The molecule has 0 spiro atoms. The van der Waals surface area contributed by atoms with Crippen LogP contribution in [0.4, 0.5) is 0 Å². The zero-order valence-electron chi connectivity index (χ0n) is 45.6. The fourth-order valence-electron chi connectivity index (χ4n) is 2.78. The van der Waals surface area contributed by atoms with Crippen molar-refractivity contribution in [3.63, 3.8) is 0 Å². The molecule has 1 nitrogen and oxygen atoms in total. The van der Waals surface area contributed by atoms with E-state index in [4.69, 9.17) is 0 Å². The smallest absolute Gasteiger partial charge is 0.0780 e. The van der Waals surface area contributed by atoms with Crippen molar-refractivity contribution in [1.82, 2.24) is 0 Å². The second kappa shape index (κ2) is 835. The summed E-state index contributed by atoms with van der Waals surface area (Å²) in [7, 11) is 6.88. The Hall–Kier alpha value is 21.7. The molecule has 0 aliphatic carbocycles. The van der Waals surface area contributed by atoms with Gasteiger partial charge in [-0.2, -0.15) is 0 Å². The highest BCUT2D eigenvalue weighted by molar-refractivity contribution is 5.93. The van der Waals surface area contributed by atoms with Crippen LogP contribution in [0, 0.1) is 0 Å². The molecule has 0 saturated carbocycles. The average molecular weight is 3020 g/mol. The monoisotopic (exact) mass is 2980 g/mol. The molecule has 0 aromatic heterocycles. The van der Waals surface area contributed by atoms with Crippen molar-refractivity contribution in [1.29, 1.82) is 0 Å². The molecule has 0 fully saturated rings. The normalized spacial score (nSPS) is 2.53. The Labute approximate surface area is 1040 Å². The van der Waals surface area contributed by atoms with Gasteiger partial charge in [-0.25, -0.2) is 0 Å². The largest absolute Gasteiger partial charge is 1.00 e. The molecule has 0 bridgehead atoms. The third-order valence-electron chi connectivity index (χ3n) is 4.18. The van der Waals surface area contributed by atoms with Crippen LogP contribution in [0.1, 0.15) is 96.8 Å². The van der Waals surface area contributed by atoms with Crippen molar-refractivity contribution in [3.8, 4) is 0 Å². The van der Waals surface area contributed by atoms with Crippen molar-refractivity contribution >= 4 is 918 Å². The minimum absolute atomic E-state index is 0. The first kappa shape index (κ1) is 943. The quantitative estimate of drug-likeness (QED) is 0.113. The maximum atomic E-state index is 2.29. The SMILES string of the molecule is CCCCCCCCCCCCCCCC[N+](C)(C)C.Cl.Cl.Cl.Cl.Cl.Cl.Cl.Cl.Cl.Cl.Cl.Cl.Cl.Cl.Cl.Cl.Cl.Cl.Cl.Cl.Cl.Cl.Cl.Cl.Cl.Cl.Cl.Cl.Cl.Cl.Cl.Cl.Cl.Cl.Cl.Cl.Cl.Cl.Cl.Cl.Cl.Cl.Cl.Cl.Cl.Cl.Cl.Cl.Cl.Cl.Cl.Cl.Cl.Cl.Cl.Cl.Cl.Cl.Cl.Cl.Cl.Cl.Cl.Cl.Cl.Cl.Cl.Cl.Cl.Cl.Cl.Cl.Cl.Cl.[Cl-]. The average Bonchev–Trinajstić information content (AvgIpc) is 2.38. The van der Waals surface area contributed by atoms with Gasteiger partial charge in [0.25, 0.3) is 0 Å². The van der Waals surface area contributed by atoms with E-state index in [1.807, 2.05) is 0 Å². The zero-order valence-corrected chi connectivity index (χ0v) is 107. The highest BCUT2D eigenvalue weighted by Gasteiger charge is 2.04. The van der Waals surface area contributed by atoms with Crippen molar-refractivity contribution in [2.45, 2.75) is 96.8 Å². The maximum absolute atomic E-state index is 2.29. The molecule has 0 amide bonds. The van der Waals surface area contributed by atoms with Crippen LogP contribution in [0.3, 0.4) is 0 Å². The molecule has 0 aromatic carbocycles. The molecule has 76 heteroatoms. The van der Waals surface area contributed by atoms with Gasteiger partial charge in [0.1, 0.15) is 0 Å². The third kappa shape index (κ3) is 998. The molecule has 0 aromatic rings. The van der Waals surface area contributed by atoms with Gasteiger partial charge < -0.3 is 16.9 Å². The zero-order chi connectivity index (χ0) is 15.1. The summed E-state index contributed by atoms with van der Waals surface area (Å²) in [5.74, 6) is 0. The molecule has 95 heavy (non-hydrogen) atoms. The summed E-state index contributed by atoms with van der Waals surface area (Å²) in [6, 6.07) is 0. The minimum atomic E-state index is 0. The molecule has 722 valence electrons. The number of quaternary nitrogens is 1. The standard InChI is InChI=1S/C19H42N.75ClH/c1-5-6-7-8-9-10-11-12-13-14-15-16-17-18-19-20(2,3)4;;;;;;;;;;;;;;;;;;;;;;;;;;;;;;;;;;;;;;;;;;;;;;;;;;;;;;;;;;;;;;;;;;;;;;;;;;;/h5-19H2,1-4H3;75*1H/q+1;;;;;;;;;;;;;;;;;;;;;;;;;;;;;;;;;;;;;;;;;;;;;;;;;;;;;;;;;;;;;;;;;;;;;;;;;;;/p-1. The van der Waals surface area contributed by atoms with E-state index >= 15 is 0 Å². The second-order valence-corrected chi connectivity index (χ2v) is 7.61. The summed E-state index contributed by atoms with van der Waals surface area (Å²) in [6.07, 6.45) is 20.4. The van der Waals surface area contributed by atoms with Gasteiger partial charge in [0.05, 0.1) is 27.7 Å². The molecule has 0 saturated heterocycles. The number of nitrogens with zero attached hydrogens (tertiary/aromatic N) is 1. The predicted octanol–water partition coefficient (Wildman–Crippen LogP) is 34.4. The Morgan fingerprint density at radius 1 is 0.116 bits per heavy atom. The van der Waals surface area contributed by atoms with Crippen LogP contribution < -0.4 is 12.4 Å². The molecule has 0 atom stereocenters. The van der Waals surface area contributed by atoms with Crippen LogP contribution in [0.15, 0.2) is 0 Å². The van der Waals surface area contributed by atoms with E-state index in [1.54, 1.807) is 0 Å². The van der Waals surface area contributed by atoms with E-state index < -0.39 is 0 Å². The predicted molar refractivity (Wildman–Crippen MR) is 630 cm³/mol. The van der Waals surface area contributed by atoms with Gasteiger partial charge >= 0.3 is 0 Å². The van der Waals surface area contributed by atoms with E-state index in [-0.39, 0.29) is 931 Å². The number of unbranched alkanes of at least 4 members (excludes halogenated alkanes) is 13. The van der Waals surface area contributed by atoms with E-state index in [2.05, 4.69) is 28.1 Å². The number of rotatable bonds is 15. The van der Waals surface area contributed by atoms with E-state index in [0.29, 0.717) is 0 Å². The first-order valence-electron chi connectivity index (χ1n) is 9.36. The summed E-state index contributed by atoms with van der Waals surface area (Å²) in [6.45, 7) is 3.63.